The molecule has 28 heavy (non-hydrogen) atoms. The zero-order chi connectivity index (χ0) is 20.3. The normalized spacial score (nSPS) is 14.1. The van der Waals surface area contributed by atoms with Crippen LogP contribution >= 0.6 is 0 Å². The van der Waals surface area contributed by atoms with Crippen molar-refractivity contribution in [2.24, 2.45) is 4.99 Å². The number of aryl methyl sites for hydroxylation is 2. The van der Waals surface area contributed by atoms with Crippen LogP contribution in [0.2, 0.25) is 0 Å². The van der Waals surface area contributed by atoms with Crippen molar-refractivity contribution in [2.75, 3.05) is 13.7 Å². The molecule has 146 valence electrons. The lowest BCUT2D eigenvalue weighted by molar-refractivity contribution is -0.134. The number of carbonyl (C=O) groups is 2. The summed E-state index contributed by atoms with van der Waals surface area (Å²) < 4.78 is 7.80. The van der Waals surface area contributed by atoms with Crippen LogP contribution < -0.4 is 4.74 Å². The van der Waals surface area contributed by atoms with Gasteiger partial charge < -0.3 is 19.5 Å². The predicted molar refractivity (Wildman–Crippen MR) is 105 cm³/mol. The molecule has 2 heterocycles. The van der Waals surface area contributed by atoms with Crippen LogP contribution in [0.5, 0.6) is 5.75 Å². The number of benzene rings is 1. The van der Waals surface area contributed by atoms with E-state index in [1.807, 2.05) is 0 Å². The molecule has 0 unspecified atom stereocenters. The molecule has 0 saturated carbocycles. The van der Waals surface area contributed by atoms with E-state index in [0.29, 0.717) is 12.2 Å². The fraction of sp³-hybridized carbons (Fsp3) is 0.286. The number of carboxylic acids is 2. The molecule has 0 fully saturated rings. The van der Waals surface area contributed by atoms with Gasteiger partial charge in [-0.15, -0.1) is 0 Å². The van der Waals surface area contributed by atoms with Gasteiger partial charge in [0.25, 0.3) is 0 Å². The van der Waals surface area contributed by atoms with Gasteiger partial charge in [-0.2, -0.15) is 0 Å². The Morgan fingerprint density at radius 3 is 2.43 bits per heavy atom. The molecule has 2 N–H and O–H groups in total. The van der Waals surface area contributed by atoms with Crippen LogP contribution in [0.25, 0.3) is 11.3 Å². The van der Waals surface area contributed by atoms with Gasteiger partial charge in [0.1, 0.15) is 5.75 Å². The summed E-state index contributed by atoms with van der Waals surface area (Å²) in [6, 6.07) is 8.79. The highest BCUT2D eigenvalue weighted by atomic mass is 16.5. The minimum absolute atomic E-state index is 0.558. The third-order valence-electron chi connectivity index (χ3n) is 4.82. The summed E-state index contributed by atoms with van der Waals surface area (Å²) in [6.07, 6.45) is 3.33. The summed E-state index contributed by atoms with van der Waals surface area (Å²) in [6.45, 7) is 4.00. The molecule has 7 heteroatoms. The van der Waals surface area contributed by atoms with Gasteiger partial charge in [-0.05, 0) is 55.2 Å². The summed E-state index contributed by atoms with van der Waals surface area (Å²) in [4.78, 5) is 23.7. The van der Waals surface area contributed by atoms with E-state index in [1.54, 1.807) is 7.11 Å². The number of carboxylic acid groups (broad SMARTS) is 2. The topological polar surface area (TPSA) is 101 Å². The molecule has 0 atom stereocenters. The molecule has 0 radical (unpaired) electrons. The molecule has 4 rings (SSSR count). The molecule has 7 nitrogen and oxygen atoms in total. The molecule has 2 aliphatic rings. The average molecular weight is 382 g/mol. The summed E-state index contributed by atoms with van der Waals surface area (Å²) in [7, 11) is 1.73. The third kappa shape index (κ3) is 3.98. The largest absolute Gasteiger partial charge is 0.497 e. The molecule has 2 aromatic rings. The molecular weight excluding hydrogens is 360 g/mol. The van der Waals surface area contributed by atoms with Crippen LogP contribution in [0.3, 0.4) is 0 Å². The summed E-state index contributed by atoms with van der Waals surface area (Å²) in [5, 5.41) is 15.6. The Bertz CT molecular complexity index is 969. The van der Waals surface area contributed by atoms with Gasteiger partial charge in [0, 0.05) is 24.3 Å². The van der Waals surface area contributed by atoms with E-state index in [1.165, 1.54) is 33.8 Å². The van der Waals surface area contributed by atoms with E-state index in [-0.39, 0.29) is 0 Å². The number of methoxy groups -OCH3 is 1. The van der Waals surface area contributed by atoms with Crippen LogP contribution in [0.15, 0.2) is 41.4 Å². The number of nitrogens with zero attached hydrogens (tertiary/aromatic N) is 2. The van der Waals surface area contributed by atoms with Gasteiger partial charge in [0.2, 0.25) is 0 Å². The zero-order valence-electron chi connectivity index (χ0n) is 15.8. The van der Waals surface area contributed by atoms with E-state index >= 15 is 0 Å². The minimum atomic E-state index is -1.26. The smallest absolute Gasteiger partial charge is 0.328 e. The molecule has 0 spiro atoms. The lowest BCUT2D eigenvalue weighted by atomic mass is 9.90. The molecule has 1 aromatic heterocycles. The van der Waals surface area contributed by atoms with Gasteiger partial charge in [-0.1, -0.05) is 0 Å². The van der Waals surface area contributed by atoms with Gasteiger partial charge >= 0.3 is 11.9 Å². The van der Waals surface area contributed by atoms with Crippen molar-refractivity contribution >= 4 is 17.7 Å². The Morgan fingerprint density at radius 2 is 1.79 bits per heavy atom. The van der Waals surface area contributed by atoms with Crippen molar-refractivity contribution in [1.29, 1.82) is 0 Å². The van der Waals surface area contributed by atoms with E-state index in [2.05, 4.69) is 40.7 Å². The first-order valence-electron chi connectivity index (χ1n) is 8.95. The number of ether oxygens (including phenoxy) is 1. The van der Waals surface area contributed by atoms with Crippen molar-refractivity contribution in [3.05, 3.63) is 53.2 Å². The Kier molecular flexibility index (Phi) is 5.63. The lowest BCUT2D eigenvalue weighted by Gasteiger charge is -2.22. The highest BCUT2D eigenvalue weighted by Crippen LogP contribution is 2.38. The van der Waals surface area contributed by atoms with E-state index in [0.717, 1.165) is 31.7 Å². The molecule has 0 amide bonds. The second-order valence-corrected chi connectivity index (χ2v) is 6.56. The van der Waals surface area contributed by atoms with Crippen LogP contribution in [-0.4, -0.2) is 46.1 Å². The second-order valence-electron chi connectivity index (χ2n) is 6.56. The van der Waals surface area contributed by atoms with Gasteiger partial charge in [-0.3, -0.25) is 4.99 Å². The quantitative estimate of drug-likeness (QED) is 0.795. The number of aliphatic carboxylic acids is 2. The Labute approximate surface area is 162 Å². The van der Waals surface area contributed by atoms with Crippen LogP contribution in [-0.2, 0) is 29.0 Å². The first kappa shape index (κ1) is 19.4. The van der Waals surface area contributed by atoms with Crippen LogP contribution in [0.1, 0.15) is 23.7 Å². The maximum atomic E-state index is 9.55. The molecule has 1 aliphatic carbocycles. The molecule has 0 saturated heterocycles. The second kappa shape index (κ2) is 8.12. The number of hydrogen-bond donors (Lipinski definition) is 2. The Balaban J connectivity index is 0.000000242. The summed E-state index contributed by atoms with van der Waals surface area (Å²) in [5.74, 6) is -1.56. The monoisotopic (exact) mass is 382 g/mol. The fourth-order valence-electron chi connectivity index (χ4n) is 3.59. The zero-order valence-corrected chi connectivity index (χ0v) is 15.8. The van der Waals surface area contributed by atoms with E-state index in [9.17, 15) is 9.59 Å². The molecule has 0 bridgehead atoms. The Morgan fingerprint density at radius 1 is 1.11 bits per heavy atom. The van der Waals surface area contributed by atoms with Gasteiger partial charge in [0.15, 0.2) is 0 Å². The van der Waals surface area contributed by atoms with Crippen LogP contribution in [0.4, 0.5) is 0 Å². The highest BCUT2D eigenvalue weighted by molar-refractivity contribution is 5.99. The number of aliphatic imine (C=N–C) groups is 1. The maximum Gasteiger partial charge on any atom is 0.328 e. The van der Waals surface area contributed by atoms with Crippen LogP contribution in [0, 0.1) is 0 Å². The summed E-state index contributed by atoms with van der Waals surface area (Å²) >= 11 is 0. The van der Waals surface area contributed by atoms with Crippen molar-refractivity contribution in [3.63, 3.8) is 0 Å². The first-order chi connectivity index (χ1) is 13.4. The fourth-order valence-corrected chi connectivity index (χ4v) is 3.59. The number of fused-ring (bicyclic) bond motifs is 5. The van der Waals surface area contributed by atoms with Gasteiger partial charge in [0.05, 0.1) is 30.8 Å². The summed E-state index contributed by atoms with van der Waals surface area (Å²) in [5.41, 5.74) is 8.10. The van der Waals surface area contributed by atoms with E-state index in [4.69, 9.17) is 14.9 Å². The number of rotatable bonds is 3. The van der Waals surface area contributed by atoms with Crippen molar-refractivity contribution in [1.82, 2.24) is 4.57 Å². The highest BCUT2D eigenvalue weighted by Gasteiger charge is 2.25. The molecule has 1 aliphatic heterocycles. The first-order valence-corrected chi connectivity index (χ1v) is 8.95. The maximum absolute atomic E-state index is 9.55. The standard InChI is InChI=1S/C17H18N2O.C4H4O4/c1-11-16-10-13-4-3-12-9-14(20-2)5-6-15(12)17(13)19(16)8-7-18-11;5-3(6)1-2-4(7)8/h5-6,9-10H,3-4,7-8H2,1-2H3;1-2H,(H,5,6)(H,7,8). The lowest BCUT2D eigenvalue weighted by Crippen LogP contribution is -2.17. The predicted octanol–water partition coefficient (Wildman–Crippen LogP) is 2.80. The van der Waals surface area contributed by atoms with Gasteiger partial charge in [-0.25, -0.2) is 9.59 Å². The SMILES string of the molecule is COc1ccc2c(c1)CCc1cc3n(c1-2)CCN=C3C.O=C(O)C=CC(=O)O. The minimum Gasteiger partial charge on any atom is -0.497 e. The molecule has 1 aromatic carbocycles. The average Bonchev–Trinajstić information content (AvgIpc) is 3.07. The van der Waals surface area contributed by atoms with Crippen molar-refractivity contribution in [2.45, 2.75) is 26.3 Å². The Hall–Kier alpha value is -3.35. The molecular formula is C21H22N2O5. The number of hydrogen-bond acceptors (Lipinski definition) is 4. The number of aromatic nitrogens is 1. The van der Waals surface area contributed by atoms with Crippen molar-refractivity contribution in [3.8, 4) is 17.0 Å². The third-order valence-corrected chi connectivity index (χ3v) is 4.82. The van der Waals surface area contributed by atoms with Crippen molar-refractivity contribution < 1.29 is 24.5 Å². The van der Waals surface area contributed by atoms with E-state index < -0.39 is 11.9 Å².